The maximum atomic E-state index is 14.6. The van der Waals surface area contributed by atoms with E-state index in [1.807, 2.05) is 20.8 Å². The number of nitrogens with one attached hydrogen (secondary N) is 3. The van der Waals surface area contributed by atoms with Gasteiger partial charge in [0.1, 0.15) is 17.6 Å². The van der Waals surface area contributed by atoms with Crippen LogP contribution in [0.15, 0.2) is 0 Å². The molecule has 12 heteroatoms. The fourth-order valence-corrected chi connectivity index (χ4v) is 7.95. The molecule has 5 amide bonds. The Kier molecular flexibility index (Phi) is 9.60. The molecular weight excluding hydrogens is 602 g/mol. The summed E-state index contributed by atoms with van der Waals surface area (Å²) in [5, 5.41) is 8.50. The van der Waals surface area contributed by atoms with Gasteiger partial charge in [0.05, 0.1) is 19.3 Å². The third kappa shape index (κ3) is 6.94. The number of urea groups is 1. The first kappa shape index (κ1) is 35.3. The predicted molar refractivity (Wildman–Crippen MR) is 174 cm³/mol. The Bertz CT molecular complexity index is 1290. The van der Waals surface area contributed by atoms with Gasteiger partial charge in [0.25, 0.3) is 5.91 Å². The van der Waals surface area contributed by atoms with E-state index in [4.69, 9.17) is 10.5 Å². The summed E-state index contributed by atoms with van der Waals surface area (Å²) < 4.78 is 5.33. The number of carbonyl (C=O) groups is 6. The average molecular weight is 658 g/mol. The van der Waals surface area contributed by atoms with Crippen molar-refractivity contribution in [3.63, 3.8) is 0 Å². The first-order valence-electron chi connectivity index (χ1n) is 17.5. The number of likely N-dealkylation sites (tertiary alicyclic amines) is 1. The van der Waals surface area contributed by atoms with Gasteiger partial charge in [-0.1, -0.05) is 67.2 Å². The number of carbonyl (C=O) groups excluding carboxylic acids is 6. The molecule has 262 valence electrons. The lowest BCUT2D eigenvalue weighted by Gasteiger charge is -2.54. The molecule has 0 bridgehead atoms. The molecule has 3 aliphatic carbocycles. The van der Waals surface area contributed by atoms with Gasteiger partial charge < -0.3 is 31.3 Å². The van der Waals surface area contributed by atoms with Crippen molar-refractivity contribution in [2.75, 3.05) is 19.8 Å². The topological polar surface area (TPSA) is 177 Å². The number of hydrogen-bond donors (Lipinski definition) is 4. The van der Waals surface area contributed by atoms with Gasteiger partial charge in [-0.25, -0.2) is 4.79 Å². The number of ketones is 2. The SMILES string of the molecule is CC(C)(C)[C@H](NC(=O)NC1(C(=O)C2CC2)COC1)C(=O)N1CC(C(C)(C)C2(C)CCC2)C[C@H]1C(=O)NC(CC1CCC1)C(=O)C(N)=O. The molecule has 5 aliphatic rings. The summed E-state index contributed by atoms with van der Waals surface area (Å²) in [5.74, 6) is -2.74. The number of hydrogen-bond acceptors (Lipinski definition) is 7. The van der Waals surface area contributed by atoms with Crippen molar-refractivity contribution in [2.45, 2.75) is 129 Å². The second-order valence-electron chi connectivity index (χ2n) is 17.0. The van der Waals surface area contributed by atoms with E-state index >= 15 is 0 Å². The van der Waals surface area contributed by atoms with Crippen molar-refractivity contribution >= 4 is 35.3 Å². The summed E-state index contributed by atoms with van der Waals surface area (Å²) in [6, 6.07) is -3.61. The average Bonchev–Trinajstić information content (AvgIpc) is 3.68. The van der Waals surface area contributed by atoms with Gasteiger partial charge in [-0.3, -0.25) is 24.0 Å². The Balaban J connectivity index is 1.38. The quantitative estimate of drug-likeness (QED) is 0.220. The van der Waals surface area contributed by atoms with Crippen LogP contribution in [0.2, 0.25) is 0 Å². The van der Waals surface area contributed by atoms with Crippen LogP contribution >= 0.6 is 0 Å². The lowest BCUT2D eigenvalue weighted by atomic mass is 9.51. The second-order valence-corrected chi connectivity index (χ2v) is 17.0. The summed E-state index contributed by atoms with van der Waals surface area (Å²) in [7, 11) is 0. The van der Waals surface area contributed by atoms with Crippen LogP contribution in [0.5, 0.6) is 0 Å². The Hall–Kier alpha value is -3.02. The highest BCUT2D eigenvalue weighted by Gasteiger charge is 2.56. The van der Waals surface area contributed by atoms with Crippen LogP contribution in [0.1, 0.15) is 106 Å². The summed E-state index contributed by atoms with van der Waals surface area (Å²) >= 11 is 0. The number of ether oxygens (including phenoxy) is 1. The molecule has 5 fully saturated rings. The fraction of sp³-hybridized carbons (Fsp3) is 0.829. The standard InChI is InChI=1S/C35H55N5O7/c1-32(2,3)26(38-31(46)39-35(18-47-19-35)27(42)21-11-12-21)30(45)40-17-22(33(4,5)34(6)13-8-14-34)16-24(40)29(44)37-23(25(41)28(36)43)15-20-9-7-10-20/h20-24,26H,7-19H2,1-6H3,(H2,36,43)(H,37,44)(H2,38,39,46)/t22?,23?,24-,26+/m0/s1. The van der Waals surface area contributed by atoms with Crippen molar-refractivity contribution in [1.82, 2.24) is 20.9 Å². The molecule has 0 aromatic rings. The number of amides is 5. The number of nitrogens with two attached hydrogens (primary N) is 1. The molecule has 2 unspecified atom stereocenters. The Morgan fingerprint density at radius 2 is 1.57 bits per heavy atom. The molecule has 0 radical (unpaired) electrons. The van der Waals surface area contributed by atoms with Crippen molar-refractivity contribution in [3.05, 3.63) is 0 Å². The molecule has 2 heterocycles. The maximum absolute atomic E-state index is 14.6. The largest absolute Gasteiger partial charge is 0.375 e. The van der Waals surface area contributed by atoms with Gasteiger partial charge in [-0.15, -0.1) is 0 Å². The monoisotopic (exact) mass is 657 g/mol. The van der Waals surface area contributed by atoms with Gasteiger partial charge in [0, 0.05) is 12.5 Å². The molecule has 0 aromatic carbocycles. The minimum absolute atomic E-state index is 0.0228. The van der Waals surface area contributed by atoms with Gasteiger partial charge in [0.15, 0.2) is 5.78 Å². The first-order chi connectivity index (χ1) is 21.9. The molecule has 0 spiro atoms. The van der Waals surface area contributed by atoms with Gasteiger partial charge in [0.2, 0.25) is 17.6 Å². The highest BCUT2D eigenvalue weighted by Crippen LogP contribution is 2.59. The zero-order valence-corrected chi connectivity index (χ0v) is 29.0. The van der Waals surface area contributed by atoms with Crippen LogP contribution in [-0.2, 0) is 28.7 Å². The number of nitrogens with zero attached hydrogens (tertiary/aromatic N) is 1. The minimum Gasteiger partial charge on any atom is -0.375 e. The lowest BCUT2D eigenvalue weighted by Crippen LogP contribution is -2.70. The summed E-state index contributed by atoms with van der Waals surface area (Å²) in [5.41, 5.74) is 3.39. The first-order valence-corrected chi connectivity index (χ1v) is 17.5. The van der Waals surface area contributed by atoms with Crippen molar-refractivity contribution < 1.29 is 33.5 Å². The zero-order valence-electron chi connectivity index (χ0n) is 29.0. The van der Waals surface area contributed by atoms with E-state index in [-0.39, 0.29) is 47.6 Å². The van der Waals surface area contributed by atoms with Crippen LogP contribution in [0.25, 0.3) is 0 Å². The predicted octanol–water partition coefficient (Wildman–Crippen LogP) is 2.61. The van der Waals surface area contributed by atoms with Crippen LogP contribution in [0, 0.1) is 34.0 Å². The van der Waals surface area contributed by atoms with Crippen LogP contribution in [0.4, 0.5) is 4.79 Å². The van der Waals surface area contributed by atoms with Crippen molar-refractivity contribution in [2.24, 2.45) is 39.7 Å². The van der Waals surface area contributed by atoms with E-state index in [2.05, 4.69) is 36.7 Å². The summed E-state index contributed by atoms with van der Waals surface area (Å²) in [6.07, 6.45) is 8.46. The van der Waals surface area contributed by atoms with Crippen LogP contribution < -0.4 is 21.7 Å². The molecule has 2 saturated heterocycles. The smallest absolute Gasteiger partial charge is 0.316 e. The molecule has 12 nitrogen and oxygen atoms in total. The molecule has 3 saturated carbocycles. The molecule has 4 atom stereocenters. The van der Waals surface area contributed by atoms with E-state index in [0.29, 0.717) is 19.4 Å². The van der Waals surface area contributed by atoms with Crippen LogP contribution in [-0.4, -0.2) is 83.6 Å². The molecule has 2 aliphatic heterocycles. The highest BCUT2D eigenvalue weighted by atomic mass is 16.5. The Morgan fingerprint density at radius 3 is 2.02 bits per heavy atom. The van der Waals surface area contributed by atoms with Crippen molar-refractivity contribution in [1.29, 1.82) is 0 Å². The Labute approximate surface area is 278 Å². The lowest BCUT2D eigenvalue weighted by molar-refractivity contribution is -0.145. The van der Waals surface area contributed by atoms with Gasteiger partial charge >= 0.3 is 6.03 Å². The van der Waals surface area contributed by atoms with E-state index in [1.165, 1.54) is 0 Å². The normalized spacial score (nSPS) is 26.5. The molecule has 5 N–H and O–H groups in total. The fourth-order valence-electron chi connectivity index (χ4n) is 7.95. The third-order valence-corrected chi connectivity index (χ3v) is 12.4. The summed E-state index contributed by atoms with van der Waals surface area (Å²) in [6.45, 7) is 12.7. The van der Waals surface area contributed by atoms with Gasteiger partial charge in [-0.05, 0) is 66.6 Å². The van der Waals surface area contributed by atoms with E-state index in [1.54, 1.807) is 4.90 Å². The van der Waals surface area contributed by atoms with Gasteiger partial charge in [-0.2, -0.15) is 0 Å². The molecule has 0 aromatic heterocycles. The molecule has 5 rings (SSSR count). The molecular formula is C35H55N5O7. The Morgan fingerprint density at radius 1 is 0.936 bits per heavy atom. The zero-order chi connectivity index (χ0) is 34.5. The minimum atomic E-state index is -1.09. The van der Waals surface area contributed by atoms with Crippen LogP contribution in [0.3, 0.4) is 0 Å². The highest BCUT2D eigenvalue weighted by molar-refractivity contribution is 6.37. The second kappa shape index (κ2) is 12.8. The maximum Gasteiger partial charge on any atom is 0.316 e. The third-order valence-electron chi connectivity index (χ3n) is 12.4. The number of rotatable bonds is 13. The van der Waals surface area contributed by atoms with E-state index < -0.39 is 58.6 Å². The van der Waals surface area contributed by atoms with E-state index in [9.17, 15) is 28.8 Å². The number of Topliss-reactive ketones (excluding diaryl/α,β-unsaturated/α-hetero) is 2. The van der Waals surface area contributed by atoms with Crippen molar-refractivity contribution in [3.8, 4) is 0 Å². The van der Waals surface area contributed by atoms with E-state index in [0.717, 1.165) is 51.4 Å². The summed E-state index contributed by atoms with van der Waals surface area (Å²) in [4.78, 5) is 81.5. The number of primary amides is 1. The molecule has 47 heavy (non-hydrogen) atoms.